The molecule has 0 spiro atoms. The van der Waals surface area contributed by atoms with Gasteiger partial charge in [-0.2, -0.15) is 33.0 Å². The highest BCUT2D eigenvalue weighted by Gasteiger charge is 2.27. The van der Waals surface area contributed by atoms with Gasteiger partial charge in [0.05, 0.1) is 35.2 Å². The van der Waals surface area contributed by atoms with Crippen molar-refractivity contribution in [1.82, 2.24) is 39.8 Å². The highest BCUT2D eigenvalue weighted by molar-refractivity contribution is 9.10. The zero-order valence-corrected chi connectivity index (χ0v) is 42.3. The van der Waals surface area contributed by atoms with Gasteiger partial charge in [-0.05, 0) is 170 Å². The van der Waals surface area contributed by atoms with E-state index in [2.05, 4.69) is 57.4 Å². The van der Waals surface area contributed by atoms with Crippen LogP contribution in [-0.4, -0.2) is 89.2 Å². The first-order valence-electron chi connectivity index (χ1n) is 24.1. The van der Waals surface area contributed by atoms with Gasteiger partial charge < -0.3 is 26.0 Å². The number of thioether (sulfide) groups is 2. The van der Waals surface area contributed by atoms with Crippen LogP contribution in [-0.2, 0) is 0 Å². The van der Waals surface area contributed by atoms with E-state index in [4.69, 9.17) is 4.74 Å². The summed E-state index contributed by atoms with van der Waals surface area (Å²) in [5.41, 5.74) is 9.65. The lowest BCUT2D eigenvalue weighted by atomic mass is 10.0. The maximum atomic E-state index is 14.4. The minimum atomic E-state index is -1.07. The average Bonchev–Trinajstić information content (AvgIpc) is 4.28. The van der Waals surface area contributed by atoms with Crippen molar-refractivity contribution in [3.05, 3.63) is 118 Å². The number of imidazole rings is 2. The van der Waals surface area contributed by atoms with Crippen LogP contribution in [0.15, 0.2) is 83.7 Å². The highest BCUT2D eigenvalue weighted by Crippen LogP contribution is 2.34. The summed E-state index contributed by atoms with van der Waals surface area (Å²) >= 11 is 7.58. The lowest BCUT2D eigenvalue weighted by molar-refractivity contribution is 0.0942. The number of amides is 2. The van der Waals surface area contributed by atoms with Gasteiger partial charge >= 0.3 is 0 Å². The minimum absolute atomic E-state index is 0.0122. The number of carbonyl (C=O) groups excluding carboxylic acids is 2. The van der Waals surface area contributed by atoms with Crippen LogP contribution in [0, 0.1) is 37.3 Å². The molecule has 4 aliphatic rings. The molecule has 364 valence electrons. The summed E-state index contributed by atoms with van der Waals surface area (Å²) in [7, 11) is 0. The lowest BCUT2D eigenvalue weighted by Gasteiger charge is -2.22. The molecule has 0 bridgehead atoms. The van der Waals surface area contributed by atoms with Gasteiger partial charge in [0.1, 0.15) is 4.60 Å². The van der Waals surface area contributed by atoms with Crippen molar-refractivity contribution in [3.8, 4) is 34.1 Å². The summed E-state index contributed by atoms with van der Waals surface area (Å²) < 4.78 is 38.3. The maximum Gasteiger partial charge on any atom is 0.251 e. The number of aryl methyl sites for hydroxylation is 2. The largest absolute Gasteiger partial charge is 0.434 e. The molecule has 0 atom stereocenters. The van der Waals surface area contributed by atoms with E-state index in [9.17, 15) is 18.4 Å². The first-order valence-corrected chi connectivity index (χ1v) is 27.2. The third-order valence-corrected chi connectivity index (χ3v) is 15.7. The summed E-state index contributed by atoms with van der Waals surface area (Å²) in [5.74, 6) is 3.77. The second kappa shape index (κ2) is 21.3. The number of anilines is 2. The molecule has 2 aliphatic heterocycles. The standard InChI is InChI=1S/C29H29F2N5O2S.C23H26BrN5OS/c1-17-13-19(5-8-21(17)29(37)34-20-6-7-20)24-16-33-28-23(32-15-18-9-11-39-12-10-18)14-26(35-36(24)28)38-25-4-2-3-22(30)27(25)31;1-14-10-16(2-5-18(14)23(30)27-17-3-4-17)20-13-26-22-19(11-21(24)28-29(20)22)25-12-15-6-8-31-9-7-15/h2-5,8,13-14,16,18,20,32H,6-7,9-12,15H2,1H3,(H,34,37);2,5,10-11,13,15,17,25H,3-4,6-9,12H2,1H3,(H,27,30). The van der Waals surface area contributed by atoms with E-state index >= 15 is 0 Å². The summed E-state index contributed by atoms with van der Waals surface area (Å²) in [4.78, 5) is 34.4. The van der Waals surface area contributed by atoms with Crippen molar-refractivity contribution < 1.29 is 23.1 Å². The van der Waals surface area contributed by atoms with Gasteiger partial charge in [-0.15, -0.1) is 5.10 Å². The number of hydrogen-bond donors (Lipinski definition) is 4. The summed E-state index contributed by atoms with van der Waals surface area (Å²) in [6.07, 6.45) is 12.6. The normalized spacial score (nSPS) is 16.4. The number of hydrogen-bond acceptors (Lipinski definition) is 11. The third-order valence-electron chi connectivity index (χ3n) is 13.2. The van der Waals surface area contributed by atoms with Gasteiger partial charge in [-0.25, -0.2) is 23.4 Å². The first-order chi connectivity index (χ1) is 34.0. The highest BCUT2D eigenvalue weighted by atomic mass is 79.9. The molecule has 6 heterocycles. The molecule has 2 saturated carbocycles. The molecule has 11 rings (SSSR count). The molecule has 18 heteroatoms. The van der Waals surface area contributed by atoms with Gasteiger partial charge in [-0.3, -0.25) is 9.59 Å². The number of ether oxygens (including phenoxy) is 1. The van der Waals surface area contributed by atoms with E-state index in [0.29, 0.717) is 40.5 Å². The smallest absolute Gasteiger partial charge is 0.251 e. The number of nitrogens with one attached hydrogen (secondary N) is 4. The van der Waals surface area contributed by atoms with Crippen molar-refractivity contribution >= 4 is 73.9 Å². The lowest BCUT2D eigenvalue weighted by Crippen LogP contribution is -2.26. The van der Waals surface area contributed by atoms with E-state index in [0.717, 1.165) is 119 Å². The van der Waals surface area contributed by atoms with Crippen LogP contribution >= 0.6 is 39.5 Å². The zero-order chi connectivity index (χ0) is 48.3. The Balaban J connectivity index is 0.000000166. The monoisotopic (exact) mass is 1050 g/mol. The molecule has 13 nitrogen and oxygen atoms in total. The van der Waals surface area contributed by atoms with Crippen LogP contribution < -0.4 is 26.0 Å². The minimum Gasteiger partial charge on any atom is -0.434 e. The fourth-order valence-corrected chi connectivity index (χ4v) is 11.6. The Hall–Kier alpha value is -5.72. The summed E-state index contributed by atoms with van der Waals surface area (Å²) in [5, 5.41) is 22.4. The Morgan fingerprint density at radius 2 is 1.17 bits per heavy atom. The number of benzene rings is 3. The van der Waals surface area contributed by atoms with Gasteiger partial charge in [0.2, 0.25) is 11.7 Å². The van der Waals surface area contributed by atoms with E-state index in [-0.39, 0.29) is 29.5 Å². The Morgan fingerprint density at radius 3 is 1.67 bits per heavy atom. The van der Waals surface area contributed by atoms with Gasteiger partial charge in [0.15, 0.2) is 22.9 Å². The molecule has 0 unspecified atom stereocenters. The zero-order valence-electron chi connectivity index (χ0n) is 39.1. The predicted octanol–water partition coefficient (Wildman–Crippen LogP) is 11.1. The molecule has 2 saturated heterocycles. The number of halogens is 3. The maximum absolute atomic E-state index is 14.4. The quantitative estimate of drug-likeness (QED) is 0.0824. The Labute approximate surface area is 422 Å². The molecular formula is C52H55BrF2N10O3S2. The molecule has 2 aliphatic carbocycles. The molecule has 4 fully saturated rings. The van der Waals surface area contributed by atoms with Crippen molar-refractivity contribution in [3.63, 3.8) is 0 Å². The molecule has 4 aromatic heterocycles. The van der Waals surface area contributed by atoms with E-state index in [1.54, 1.807) is 16.8 Å². The molecule has 70 heavy (non-hydrogen) atoms. The number of nitrogens with zero attached hydrogens (tertiary/aromatic N) is 6. The van der Waals surface area contributed by atoms with Gasteiger partial charge in [0, 0.05) is 53.5 Å². The van der Waals surface area contributed by atoms with Crippen LogP contribution in [0.1, 0.15) is 83.2 Å². The molecule has 0 radical (unpaired) electrons. The second-order valence-corrected chi connectivity index (χ2v) is 21.9. The fraction of sp³-hybridized carbons (Fsp3) is 0.385. The Kier molecular flexibility index (Phi) is 14.6. The van der Waals surface area contributed by atoms with Crippen LogP contribution in [0.3, 0.4) is 0 Å². The number of carbonyl (C=O) groups is 2. The van der Waals surface area contributed by atoms with Crippen molar-refractivity contribution in [2.45, 2.75) is 77.3 Å². The van der Waals surface area contributed by atoms with Crippen molar-refractivity contribution in [2.75, 3.05) is 46.7 Å². The van der Waals surface area contributed by atoms with E-state index in [1.807, 2.05) is 90.5 Å². The van der Waals surface area contributed by atoms with E-state index in [1.165, 1.54) is 36.5 Å². The fourth-order valence-electron chi connectivity index (χ4n) is 8.81. The summed E-state index contributed by atoms with van der Waals surface area (Å²) in [6, 6.07) is 19.6. The van der Waals surface area contributed by atoms with Gasteiger partial charge in [-0.1, -0.05) is 18.2 Å². The van der Waals surface area contributed by atoms with Crippen molar-refractivity contribution in [2.24, 2.45) is 11.8 Å². The van der Waals surface area contributed by atoms with Gasteiger partial charge in [0.25, 0.3) is 11.8 Å². The SMILES string of the molecule is Cc1cc(-c2cnc3c(NCC4CCSCC4)cc(Br)nn23)ccc1C(=O)NC1CC1.Cc1cc(-c2cnc3c(NCC4CCSCC4)cc(Oc4cccc(F)c4F)nn23)ccc1C(=O)NC1CC1. The molecular weight excluding hydrogens is 995 g/mol. The topological polar surface area (TPSA) is 152 Å². The Morgan fingerprint density at radius 1 is 0.671 bits per heavy atom. The van der Waals surface area contributed by atoms with Crippen molar-refractivity contribution in [1.29, 1.82) is 0 Å². The number of fused-ring (bicyclic) bond motifs is 2. The van der Waals surface area contributed by atoms with Crippen LogP contribution in [0.5, 0.6) is 11.6 Å². The summed E-state index contributed by atoms with van der Waals surface area (Å²) in [6.45, 7) is 5.60. The van der Waals surface area contributed by atoms with E-state index < -0.39 is 11.6 Å². The van der Waals surface area contributed by atoms with Crippen LogP contribution in [0.4, 0.5) is 20.2 Å². The van der Waals surface area contributed by atoms with Crippen LogP contribution in [0.25, 0.3) is 33.8 Å². The molecule has 2 amide bonds. The second-order valence-electron chi connectivity index (χ2n) is 18.6. The number of rotatable bonds is 14. The number of aromatic nitrogens is 6. The molecule has 7 aromatic rings. The molecule has 4 N–H and O–H groups in total. The predicted molar refractivity (Wildman–Crippen MR) is 279 cm³/mol. The first kappa shape index (κ1) is 47.9. The van der Waals surface area contributed by atoms with Crippen LogP contribution in [0.2, 0.25) is 0 Å². The molecule has 3 aromatic carbocycles. The Bertz CT molecular complexity index is 3060. The third kappa shape index (κ3) is 11.2. The average molecular weight is 1050 g/mol.